The summed E-state index contributed by atoms with van der Waals surface area (Å²) in [6.07, 6.45) is 2.84. The molecule has 0 aliphatic carbocycles. The normalized spacial score (nSPS) is 10.9. The van der Waals surface area contributed by atoms with E-state index in [-0.39, 0.29) is 5.91 Å². The van der Waals surface area contributed by atoms with Gasteiger partial charge in [-0.25, -0.2) is 0 Å². The van der Waals surface area contributed by atoms with Crippen LogP contribution in [0.25, 0.3) is 10.9 Å². The number of carbonyl (C=O) groups is 1. The van der Waals surface area contributed by atoms with Crippen LogP contribution < -0.4 is 10.1 Å². The van der Waals surface area contributed by atoms with E-state index in [1.807, 2.05) is 53.3 Å². The zero-order valence-corrected chi connectivity index (χ0v) is 17.3. The maximum atomic E-state index is 12.7. The molecule has 5 nitrogen and oxygen atoms in total. The van der Waals surface area contributed by atoms with Crippen LogP contribution in [0.2, 0.25) is 0 Å². The number of hydrogen-bond donors (Lipinski definition) is 1. The Bertz CT molecular complexity index is 1160. The molecule has 0 unspecified atom stereocenters. The van der Waals surface area contributed by atoms with Crippen LogP contribution in [0.4, 0.5) is 0 Å². The van der Waals surface area contributed by atoms with Gasteiger partial charge in [-0.2, -0.15) is 5.10 Å². The van der Waals surface area contributed by atoms with Crippen molar-refractivity contribution in [2.45, 2.75) is 26.4 Å². The molecule has 1 N–H and O–H groups in total. The number of aryl methyl sites for hydroxylation is 1. The average molecular weight is 399 g/mol. The predicted octanol–water partition coefficient (Wildman–Crippen LogP) is 4.59. The van der Waals surface area contributed by atoms with Crippen molar-refractivity contribution >= 4 is 16.8 Å². The second kappa shape index (κ2) is 8.82. The van der Waals surface area contributed by atoms with Crippen LogP contribution in [0.5, 0.6) is 5.75 Å². The fourth-order valence-corrected chi connectivity index (χ4v) is 3.46. The molecule has 0 atom stereocenters. The third kappa shape index (κ3) is 4.35. The number of aromatic nitrogens is 2. The summed E-state index contributed by atoms with van der Waals surface area (Å²) in [4.78, 5) is 12.7. The Kier molecular flexibility index (Phi) is 5.80. The fourth-order valence-electron chi connectivity index (χ4n) is 3.46. The van der Waals surface area contributed by atoms with Crippen LogP contribution >= 0.6 is 0 Å². The van der Waals surface area contributed by atoms with Crippen molar-refractivity contribution in [3.63, 3.8) is 0 Å². The summed E-state index contributed by atoms with van der Waals surface area (Å²) >= 11 is 0. The Hall–Kier alpha value is -3.60. The number of benzene rings is 3. The highest BCUT2D eigenvalue weighted by molar-refractivity contribution is 5.97. The number of hydrogen-bond acceptors (Lipinski definition) is 3. The third-order valence-corrected chi connectivity index (χ3v) is 5.26. The summed E-state index contributed by atoms with van der Waals surface area (Å²) in [5.41, 5.74) is 5.02. The first-order chi connectivity index (χ1) is 14.7. The van der Waals surface area contributed by atoms with Gasteiger partial charge in [0.15, 0.2) is 0 Å². The van der Waals surface area contributed by atoms with E-state index in [2.05, 4.69) is 41.6 Å². The van der Waals surface area contributed by atoms with Gasteiger partial charge in [-0.05, 0) is 47.4 Å². The number of fused-ring (bicyclic) bond motifs is 1. The number of nitrogens with one attached hydrogen (secondary N) is 1. The Morgan fingerprint density at radius 2 is 1.80 bits per heavy atom. The van der Waals surface area contributed by atoms with Crippen molar-refractivity contribution in [2.24, 2.45) is 0 Å². The summed E-state index contributed by atoms with van der Waals surface area (Å²) in [6, 6.07) is 21.9. The van der Waals surface area contributed by atoms with Gasteiger partial charge in [0.2, 0.25) is 0 Å². The molecule has 3 aromatic carbocycles. The van der Waals surface area contributed by atoms with E-state index in [4.69, 9.17) is 4.74 Å². The highest BCUT2D eigenvalue weighted by Gasteiger charge is 2.10. The van der Waals surface area contributed by atoms with Crippen LogP contribution in [0.15, 0.2) is 72.9 Å². The molecule has 0 spiro atoms. The van der Waals surface area contributed by atoms with E-state index in [1.54, 1.807) is 7.11 Å². The minimum absolute atomic E-state index is 0.0920. The molecule has 152 valence electrons. The monoisotopic (exact) mass is 399 g/mol. The summed E-state index contributed by atoms with van der Waals surface area (Å²) in [5, 5.41) is 8.51. The molecule has 0 saturated heterocycles. The standard InChI is InChI=1S/C25H25N3O2/c1-3-18-7-9-19(10-8-18)15-26-25(29)21-11-12-22-16-27-28(24(22)14-21)17-20-5-4-6-23(13-20)30-2/h4-14,16H,3,15,17H2,1-2H3,(H,26,29). The van der Waals surface area contributed by atoms with Gasteiger partial charge < -0.3 is 10.1 Å². The number of nitrogens with zero attached hydrogens (tertiary/aromatic N) is 2. The van der Waals surface area contributed by atoms with E-state index >= 15 is 0 Å². The molecule has 0 saturated carbocycles. The van der Waals surface area contributed by atoms with Gasteiger partial charge in [0.25, 0.3) is 5.91 Å². The van der Waals surface area contributed by atoms with E-state index in [0.717, 1.165) is 34.2 Å². The number of carbonyl (C=O) groups excluding carboxylic acids is 1. The maximum absolute atomic E-state index is 12.7. The lowest BCUT2D eigenvalue weighted by Gasteiger charge is -2.08. The summed E-state index contributed by atoms with van der Waals surface area (Å²) in [7, 11) is 1.66. The van der Waals surface area contributed by atoms with E-state index < -0.39 is 0 Å². The Labute approximate surface area is 176 Å². The topological polar surface area (TPSA) is 56.2 Å². The van der Waals surface area contributed by atoms with Crippen molar-refractivity contribution in [1.82, 2.24) is 15.1 Å². The van der Waals surface area contributed by atoms with Gasteiger partial charge >= 0.3 is 0 Å². The van der Waals surface area contributed by atoms with Gasteiger partial charge in [0, 0.05) is 17.5 Å². The van der Waals surface area contributed by atoms with Gasteiger partial charge in [0.1, 0.15) is 5.75 Å². The zero-order valence-electron chi connectivity index (χ0n) is 17.3. The predicted molar refractivity (Wildman–Crippen MR) is 119 cm³/mol. The van der Waals surface area contributed by atoms with Crippen molar-refractivity contribution in [3.8, 4) is 5.75 Å². The van der Waals surface area contributed by atoms with Crippen molar-refractivity contribution in [2.75, 3.05) is 7.11 Å². The van der Waals surface area contributed by atoms with Gasteiger partial charge in [-0.3, -0.25) is 9.48 Å². The van der Waals surface area contributed by atoms with Crippen LogP contribution in [0.1, 0.15) is 34.0 Å². The van der Waals surface area contributed by atoms with Gasteiger partial charge in [-0.15, -0.1) is 0 Å². The number of amides is 1. The zero-order chi connectivity index (χ0) is 20.9. The molecule has 0 bridgehead atoms. The van der Waals surface area contributed by atoms with Crippen LogP contribution in [-0.4, -0.2) is 22.8 Å². The maximum Gasteiger partial charge on any atom is 0.251 e. The number of methoxy groups -OCH3 is 1. The lowest BCUT2D eigenvalue weighted by molar-refractivity contribution is 0.0951. The van der Waals surface area contributed by atoms with E-state index in [0.29, 0.717) is 18.7 Å². The largest absolute Gasteiger partial charge is 0.497 e. The van der Waals surface area contributed by atoms with Gasteiger partial charge in [-0.1, -0.05) is 49.4 Å². The molecule has 0 aliphatic rings. The Balaban J connectivity index is 1.50. The number of rotatable bonds is 7. The average Bonchev–Trinajstić information content (AvgIpc) is 3.19. The van der Waals surface area contributed by atoms with Gasteiger partial charge in [0.05, 0.1) is 25.4 Å². The molecule has 5 heteroatoms. The molecule has 1 aromatic heterocycles. The van der Waals surface area contributed by atoms with Crippen LogP contribution in [0.3, 0.4) is 0 Å². The molecule has 0 aliphatic heterocycles. The Morgan fingerprint density at radius 3 is 2.57 bits per heavy atom. The third-order valence-electron chi connectivity index (χ3n) is 5.26. The molecule has 1 amide bonds. The van der Waals surface area contributed by atoms with E-state index in [9.17, 15) is 4.79 Å². The van der Waals surface area contributed by atoms with Crippen LogP contribution in [0, 0.1) is 0 Å². The smallest absolute Gasteiger partial charge is 0.251 e. The molecular weight excluding hydrogens is 374 g/mol. The highest BCUT2D eigenvalue weighted by Crippen LogP contribution is 2.19. The minimum Gasteiger partial charge on any atom is -0.497 e. The second-order valence-corrected chi connectivity index (χ2v) is 7.28. The van der Waals surface area contributed by atoms with Crippen LogP contribution in [-0.2, 0) is 19.5 Å². The minimum atomic E-state index is -0.0920. The van der Waals surface area contributed by atoms with E-state index in [1.165, 1.54) is 5.56 Å². The lowest BCUT2D eigenvalue weighted by Crippen LogP contribution is -2.22. The Morgan fingerprint density at radius 1 is 1.00 bits per heavy atom. The lowest BCUT2D eigenvalue weighted by atomic mass is 10.1. The summed E-state index contributed by atoms with van der Waals surface area (Å²) in [5.74, 6) is 0.724. The SMILES string of the molecule is CCc1ccc(CNC(=O)c2ccc3cnn(Cc4cccc(OC)c4)c3c2)cc1. The highest BCUT2D eigenvalue weighted by atomic mass is 16.5. The summed E-state index contributed by atoms with van der Waals surface area (Å²) in [6.45, 7) is 3.24. The second-order valence-electron chi connectivity index (χ2n) is 7.28. The van der Waals surface area contributed by atoms with Crippen molar-refractivity contribution in [1.29, 1.82) is 0 Å². The molecule has 0 radical (unpaired) electrons. The van der Waals surface area contributed by atoms with Crippen molar-refractivity contribution in [3.05, 3.63) is 95.2 Å². The molecule has 1 heterocycles. The molecule has 4 aromatic rings. The number of ether oxygens (including phenoxy) is 1. The van der Waals surface area contributed by atoms with Crippen molar-refractivity contribution < 1.29 is 9.53 Å². The summed E-state index contributed by atoms with van der Waals surface area (Å²) < 4.78 is 7.21. The first kappa shape index (κ1) is 19.7. The molecule has 30 heavy (non-hydrogen) atoms. The first-order valence-electron chi connectivity index (χ1n) is 10.1. The molecule has 4 rings (SSSR count). The first-order valence-corrected chi connectivity index (χ1v) is 10.1. The fraction of sp³-hybridized carbons (Fsp3) is 0.200. The molecular formula is C25H25N3O2. The quantitative estimate of drug-likeness (QED) is 0.495. The molecule has 0 fully saturated rings.